The monoisotopic (exact) mass is 212 g/mol. The molecule has 76 valence electrons. The number of rotatable bonds is 0. The van der Waals surface area contributed by atoms with Crippen molar-refractivity contribution in [1.29, 1.82) is 0 Å². The Morgan fingerprint density at radius 2 is 2.14 bits per heavy atom. The van der Waals surface area contributed by atoms with E-state index in [0.29, 0.717) is 12.2 Å². The molecule has 0 aromatic heterocycles. The van der Waals surface area contributed by atoms with Crippen molar-refractivity contribution >= 4 is 15.9 Å². The van der Waals surface area contributed by atoms with E-state index < -0.39 is 10.2 Å². The first-order chi connectivity index (χ1) is 6.50. The average Bonchev–Trinajstić information content (AvgIpc) is 2.08. The van der Waals surface area contributed by atoms with Crippen molar-refractivity contribution in [2.45, 2.75) is 13.5 Å². The first-order valence-corrected chi connectivity index (χ1v) is 5.77. The fraction of sp³-hybridized carbons (Fsp3) is 0.333. The molecule has 5 heteroatoms. The summed E-state index contributed by atoms with van der Waals surface area (Å²) in [6, 6.07) is 5.61. The quantitative estimate of drug-likeness (QED) is 0.700. The Morgan fingerprint density at radius 1 is 1.43 bits per heavy atom. The van der Waals surface area contributed by atoms with Gasteiger partial charge in [0.15, 0.2) is 0 Å². The molecule has 1 aromatic rings. The normalized spacial score (nSPS) is 19.9. The highest BCUT2D eigenvalue weighted by molar-refractivity contribution is 7.90. The summed E-state index contributed by atoms with van der Waals surface area (Å²) < 4.78 is 26.8. The minimum atomic E-state index is -3.31. The third-order valence-electron chi connectivity index (χ3n) is 2.44. The van der Waals surface area contributed by atoms with Gasteiger partial charge in [-0.2, -0.15) is 12.7 Å². The second-order valence-corrected chi connectivity index (χ2v) is 5.24. The fourth-order valence-electron chi connectivity index (χ4n) is 1.53. The molecule has 0 atom stereocenters. The van der Waals surface area contributed by atoms with E-state index in [0.717, 1.165) is 11.1 Å². The van der Waals surface area contributed by atoms with Gasteiger partial charge in [0.2, 0.25) is 0 Å². The zero-order valence-corrected chi connectivity index (χ0v) is 8.93. The van der Waals surface area contributed by atoms with Gasteiger partial charge in [-0.05, 0) is 24.1 Å². The molecule has 0 saturated carbocycles. The van der Waals surface area contributed by atoms with Crippen molar-refractivity contribution in [2.75, 3.05) is 11.8 Å². The lowest BCUT2D eigenvalue weighted by Gasteiger charge is -2.27. The third-order valence-corrected chi connectivity index (χ3v) is 3.87. The van der Waals surface area contributed by atoms with E-state index >= 15 is 0 Å². The highest BCUT2D eigenvalue weighted by Crippen LogP contribution is 2.27. The zero-order valence-electron chi connectivity index (χ0n) is 8.11. The minimum Gasteiger partial charge on any atom is -0.271 e. The molecular formula is C9H12N2O2S. The van der Waals surface area contributed by atoms with Crippen LogP contribution in [0.5, 0.6) is 0 Å². The maximum absolute atomic E-state index is 11.5. The van der Waals surface area contributed by atoms with Crippen molar-refractivity contribution in [3.05, 3.63) is 29.3 Å². The van der Waals surface area contributed by atoms with E-state index in [2.05, 4.69) is 4.72 Å². The Balaban J connectivity index is 2.56. The molecule has 0 amide bonds. The summed E-state index contributed by atoms with van der Waals surface area (Å²) in [7, 11) is -1.74. The topological polar surface area (TPSA) is 49.4 Å². The van der Waals surface area contributed by atoms with Crippen LogP contribution in [0, 0.1) is 6.92 Å². The molecule has 0 spiro atoms. The Bertz CT molecular complexity index is 468. The second-order valence-electron chi connectivity index (χ2n) is 3.46. The fourth-order valence-corrected chi connectivity index (χ4v) is 2.46. The molecule has 4 nitrogen and oxygen atoms in total. The predicted octanol–water partition coefficient (Wildman–Crippen LogP) is 1.10. The Labute approximate surface area is 83.7 Å². The summed E-state index contributed by atoms with van der Waals surface area (Å²) in [5, 5.41) is 0. The van der Waals surface area contributed by atoms with Gasteiger partial charge in [-0.3, -0.25) is 4.72 Å². The van der Waals surface area contributed by atoms with Gasteiger partial charge in [0.1, 0.15) is 0 Å². The summed E-state index contributed by atoms with van der Waals surface area (Å²) in [5.74, 6) is 0. The van der Waals surface area contributed by atoms with Gasteiger partial charge < -0.3 is 0 Å². The number of nitrogens with zero attached hydrogens (tertiary/aromatic N) is 1. The molecule has 0 bridgehead atoms. The summed E-state index contributed by atoms with van der Waals surface area (Å²) in [4.78, 5) is 0. The molecule has 14 heavy (non-hydrogen) atoms. The number of anilines is 1. The van der Waals surface area contributed by atoms with Crippen LogP contribution >= 0.6 is 0 Å². The molecule has 0 saturated heterocycles. The highest BCUT2D eigenvalue weighted by Gasteiger charge is 2.25. The first-order valence-electron chi connectivity index (χ1n) is 4.33. The molecule has 1 N–H and O–H groups in total. The summed E-state index contributed by atoms with van der Waals surface area (Å²) in [5.41, 5.74) is 2.85. The second kappa shape index (κ2) is 2.96. The van der Waals surface area contributed by atoms with E-state index in [1.807, 2.05) is 19.1 Å². The number of hydrogen-bond donors (Lipinski definition) is 1. The average molecular weight is 212 g/mol. The lowest BCUT2D eigenvalue weighted by Crippen LogP contribution is -2.36. The van der Waals surface area contributed by atoms with Crippen LogP contribution in [0.15, 0.2) is 18.2 Å². The molecule has 2 rings (SSSR count). The highest BCUT2D eigenvalue weighted by atomic mass is 32.2. The maximum atomic E-state index is 11.5. The van der Waals surface area contributed by atoms with Crippen LogP contribution in [-0.4, -0.2) is 19.8 Å². The van der Waals surface area contributed by atoms with Gasteiger partial charge in [-0.15, -0.1) is 0 Å². The van der Waals surface area contributed by atoms with Crippen LogP contribution in [0.2, 0.25) is 0 Å². The van der Waals surface area contributed by atoms with Crippen LogP contribution in [0.4, 0.5) is 5.69 Å². The number of hydrogen-bond acceptors (Lipinski definition) is 2. The van der Waals surface area contributed by atoms with Crippen LogP contribution in [0.3, 0.4) is 0 Å². The van der Waals surface area contributed by atoms with Gasteiger partial charge >= 0.3 is 10.2 Å². The molecule has 1 heterocycles. The van der Waals surface area contributed by atoms with E-state index in [9.17, 15) is 8.42 Å². The standard InChI is InChI=1S/C9H12N2O2S/c1-7-4-3-5-9-8(7)6-11(2)14(12,13)10-9/h3-5,10H,6H2,1-2H3. The third kappa shape index (κ3) is 1.38. The number of benzene rings is 1. The maximum Gasteiger partial charge on any atom is 0.301 e. The van der Waals surface area contributed by atoms with Gasteiger partial charge in [-0.25, -0.2) is 0 Å². The number of aryl methyl sites for hydroxylation is 1. The molecule has 1 aliphatic rings. The van der Waals surface area contributed by atoms with Crippen molar-refractivity contribution in [3.8, 4) is 0 Å². The minimum absolute atomic E-state index is 0.442. The van der Waals surface area contributed by atoms with Gasteiger partial charge in [0, 0.05) is 13.6 Å². The van der Waals surface area contributed by atoms with Crippen LogP contribution in [0.1, 0.15) is 11.1 Å². The van der Waals surface area contributed by atoms with Crippen molar-refractivity contribution in [1.82, 2.24) is 4.31 Å². The SMILES string of the molecule is Cc1cccc2c1CN(C)S(=O)(=O)N2. The number of fused-ring (bicyclic) bond motifs is 1. The summed E-state index contributed by atoms with van der Waals surface area (Å²) in [6.07, 6.45) is 0. The van der Waals surface area contributed by atoms with Crippen molar-refractivity contribution in [2.24, 2.45) is 0 Å². The molecule has 0 radical (unpaired) electrons. The Kier molecular flexibility index (Phi) is 2.01. The first kappa shape index (κ1) is 9.48. The Morgan fingerprint density at radius 3 is 2.86 bits per heavy atom. The molecule has 0 aliphatic carbocycles. The lowest BCUT2D eigenvalue weighted by atomic mass is 10.1. The molecular weight excluding hydrogens is 200 g/mol. The van der Waals surface area contributed by atoms with Crippen LogP contribution in [0.25, 0.3) is 0 Å². The number of nitrogens with one attached hydrogen (secondary N) is 1. The largest absolute Gasteiger partial charge is 0.301 e. The van der Waals surface area contributed by atoms with Crippen LogP contribution in [-0.2, 0) is 16.8 Å². The van der Waals surface area contributed by atoms with E-state index in [1.165, 1.54) is 4.31 Å². The van der Waals surface area contributed by atoms with Crippen LogP contribution < -0.4 is 4.72 Å². The summed E-state index contributed by atoms with van der Waals surface area (Å²) in [6.45, 7) is 2.42. The van der Waals surface area contributed by atoms with Crippen molar-refractivity contribution in [3.63, 3.8) is 0 Å². The lowest BCUT2D eigenvalue weighted by molar-refractivity contribution is 0.465. The van der Waals surface area contributed by atoms with Gasteiger partial charge in [-0.1, -0.05) is 12.1 Å². The predicted molar refractivity (Wildman–Crippen MR) is 55.2 cm³/mol. The molecule has 0 fully saturated rings. The molecule has 1 aromatic carbocycles. The van der Waals surface area contributed by atoms with E-state index in [1.54, 1.807) is 13.1 Å². The molecule has 0 unspecified atom stereocenters. The molecule has 1 aliphatic heterocycles. The van der Waals surface area contributed by atoms with E-state index in [4.69, 9.17) is 0 Å². The van der Waals surface area contributed by atoms with Gasteiger partial charge in [0.05, 0.1) is 5.69 Å². The van der Waals surface area contributed by atoms with E-state index in [-0.39, 0.29) is 0 Å². The smallest absolute Gasteiger partial charge is 0.271 e. The van der Waals surface area contributed by atoms with Gasteiger partial charge in [0.25, 0.3) is 0 Å². The van der Waals surface area contributed by atoms with Crippen molar-refractivity contribution < 1.29 is 8.42 Å². The summed E-state index contributed by atoms with van der Waals surface area (Å²) >= 11 is 0. The Hall–Kier alpha value is -1.07. The zero-order chi connectivity index (χ0) is 10.3.